The standard InChI is InChI=1S/C14H18N2O2/c1-4-9-6-7-11-10(8-9)14(18)16(3)12(5-2)13(17)15-11/h6-8,12H,4-5H2,1-3H3,(H,15,17)/t12-/m1/s1. The molecule has 0 fully saturated rings. The predicted molar refractivity (Wildman–Crippen MR) is 70.6 cm³/mol. The van der Waals surface area contributed by atoms with Crippen LogP contribution in [0.1, 0.15) is 36.2 Å². The second-order valence-electron chi connectivity index (χ2n) is 4.56. The van der Waals surface area contributed by atoms with Crippen molar-refractivity contribution in [2.24, 2.45) is 0 Å². The molecule has 0 spiro atoms. The van der Waals surface area contributed by atoms with E-state index < -0.39 is 6.04 Å². The molecule has 1 heterocycles. The monoisotopic (exact) mass is 246 g/mol. The van der Waals surface area contributed by atoms with Crippen molar-refractivity contribution < 1.29 is 9.59 Å². The molecule has 0 bridgehead atoms. The summed E-state index contributed by atoms with van der Waals surface area (Å²) in [5.74, 6) is -0.207. The molecule has 2 rings (SSSR count). The van der Waals surface area contributed by atoms with Gasteiger partial charge >= 0.3 is 0 Å². The number of nitrogens with zero attached hydrogens (tertiary/aromatic N) is 1. The lowest BCUT2D eigenvalue weighted by atomic mass is 10.1. The van der Waals surface area contributed by atoms with Gasteiger partial charge in [0.1, 0.15) is 6.04 Å². The topological polar surface area (TPSA) is 49.4 Å². The van der Waals surface area contributed by atoms with Crippen LogP contribution in [0, 0.1) is 0 Å². The van der Waals surface area contributed by atoms with Crippen LogP contribution < -0.4 is 5.32 Å². The van der Waals surface area contributed by atoms with E-state index in [-0.39, 0.29) is 11.8 Å². The Kier molecular flexibility index (Phi) is 3.36. The quantitative estimate of drug-likeness (QED) is 0.868. The Hall–Kier alpha value is -1.84. The Morgan fingerprint density at radius 2 is 2.00 bits per heavy atom. The Bertz CT molecular complexity index is 497. The number of aryl methyl sites for hydroxylation is 1. The largest absolute Gasteiger partial charge is 0.330 e. The van der Waals surface area contributed by atoms with E-state index in [0.29, 0.717) is 17.7 Å². The summed E-state index contributed by atoms with van der Waals surface area (Å²) in [5.41, 5.74) is 2.30. The Morgan fingerprint density at radius 1 is 1.28 bits per heavy atom. The molecule has 0 radical (unpaired) electrons. The minimum Gasteiger partial charge on any atom is -0.330 e. The van der Waals surface area contributed by atoms with Gasteiger partial charge in [0.25, 0.3) is 5.91 Å². The van der Waals surface area contributed by atoms with Crippen LogP contribution >= 0.6 is 0 Å². The van der Waals surface area contributed by atoms with Crippen LogP contribution in [0.3, 0.4) is 0 Å². The third kappa shape index (κ3) is 1.98. The number of rotatable bonds is 2. The molecule has 0 aliphatic carbocycles. The number of hydrogen-bond donors (Lipinski definition) is 1. The highest BCUT2D eigenvalue weighted by Gasteiger charge is 2.31. The highest BCUT2D eigenvalue weighted by Crippen LogP contribution is 2.24. The first-order valence-corrected chi connectivity index (χ1v) is 6.29. The fourth-order valence-electron chi connectivity index (χ4n) is 2.28. The molecule has 0 aromatic heterocycles. The lowest BCUT2D eigenvalue weighted by molar-refractivity contribution is -0.120. The predicted octanol–water partition coefficient (Wildman–Crippen LogP) is 2.05. The first-order valence-electron chi connectivity index (χ1n) is 6.29. The molecule has 4 heteroatoms. The lowest BCUT2D eigenvalue weighted by Gasteiger charge is -2.22. The number of amides is 2. The molecule has 4 nitrogen and oxygen atoms in total. The zero-order valence-corrected chi connectivity index (χ0v) is 11.0. The summed E-state index contributed by atoms with van der Waals surface area (Å²) in [6.45, 7) is 3.95. The normalized spacial score (nSPS) is 19.3. The molecule has 2 amide bonds. The number of hydrogen-bond acceptors (Lipinski definition) is 2. The number of benzene rings is 1. The maximum Gasteiger partial charge on any atom is 0.256 e. The van der Waals surface area contributed by atoms with Gasteiger partial charge in [0.05, 0.1) is 11.3 Å². The van der Waals surface area contributed by atoms with Crippen molar-refractivity contribution in [3.8, 4) is 0 Å². The van der Waals surface area contributed by atoms with Crippen LogP contribution in [0.25, 0.3) is 0 Å². The number of nitrogens with one attached hydrogen (secondary N) is 1. The van der Waals surface area contributed by atoms with Crippen molar-refractivity contribution in [3.63, 3.8) is 0 Å². The van der Waals surface area contributed by atoms with E-state index in [9.17, 15) is 9.59 Å². The first-order chi connectivity index (χ1) is 8.58. The van der Waals surface area contributed by atoms with Gasteiger partial charge in [-0.2, -0.15) is 0 Å². The zero-order valence-electron chi connectivity index (χ0n) is 11.0. The fourth-order valence-corrected chi connectivity index (χ4v) is 2.28. The van der Waals surface area contributed by atoms with Gasteiger partial charge in [0.2, 0.25) is 5.91 Å². The average molecular weight is 246 g/mol. The Balaban J connectivity index is 2.50. The molecule has 0 saturated carbocycles. The van der Waals surface area contributed by atoms with Crippen molar-refractivity contribution in [2.45, 2.75) is 32.7 Å². The van der Waals surface area contributed by atoms with Crippen molar-refractivity contribution in [3.05, 3.63) is 29.3 Å². The van der Waals surface area contributed by atoms with Gasteiger partial charge in [-0.1, -0.05) is 19.9 Å². The van der Waals surface area contributed by atoms with Crippen molar-refractivity contribution in [2.75, 3.05) is 12.4 Å². The maximum absolute atomic E-state index is 12.4. The molecular weight excluding hydrogens is 228 g/mol. The zero-order chi connectivity index (χ0) is 13.3. The van der Waals surface area contributed by atoms with E-state index in [4.69, 9.17) is 0 Å². The Labute approximate surface area is 107 Å². The first kappa shape index (κ1) is 12.6. The Morgan fingerprint density at radius 3 is 2.61 bits per heavy atom. The average Bonchev–Trinajstić information content (AvgIpc) is 2.46. The van der Waals surface area contributed by atoms with Gasteiger partial charge in [-0.05, 0) is 30.5 Å². The highest BCUT2D eigenvalue weighted by atomic mass is 16.2. The van der Waals surface area contributed by atoms with E-state index in [1.165, 1.54) is 4.90 Å². The molecule has 1 aliphatic heterocycles. The van der Waals surface area contributed by atoms with Gasteiger partial charge in [0, 0.05) is 7.05 Å². The molecule has 1 aromatic carbocycles. The highest BCUT2D eigenvalue weighted by molar-refractivity contribution is 6.09. The van der Waals surface area contributed by atoms with Crippen LogP contribution in [0.2, 0.25) is 0 Å². The van der Waals surface area contributed by atoms with Crippen LogP contribution in [0.4, 0.5) is 5.69 Å². The van der Waals surface area contributed by atoms with Gasteiger partial charge in [-0.15, -0.1) is 0 Å². The molecule has 1 atom stereocenters. The number of fused-ring (bicyclic) bond motifs is 1. The van der Waals surface area contributed by atoms with E-state index in [0.717, 1.165) is 12.0 Å². The number of anilines is 1. The summed E-state index contributed by atoms with van der Waals surface area (Å²) in [5, 5.41) is 2.83. The summed E-state index contributed by atoms with van der Waals surface area (Å²) >= 11 is 0. The van der Waals surface area contributed by atoms with E-state index in [2.05, 4.69) is 5.32 Å². The van der Waals surface area contributed by atoms with E-state index in [1.54, 1.807) is 7.05 Å². The van der Waals surface area contributed by atoms with E-state index >= 15 is 0 Å². The van der Waals surface area contributed by atoms with Crippen LogP contribution in [0.5, 0.6) is 0 Å². The molecular formula is C14H18N2O2. The van der Waals surface area contributed by atoms with Gasteiger partial charge < -0.3 is 10.2 Å². The molecule has 1 aliphatic rings. The summed E-state index contributed by atoms with van der Waals surface area (Å²) in [7, 11) is 1.68. The number of likely N-dealkylation sites (N-methyl/N-ethyl adjacent to an activating group) is 1. The van der Waals surface area contributed by atoms with Gasteiger partial charge in [-0.25, -0.2) is 0 Å². The summed E-state index contributed by atoms with van der Waals surface area (Å²) in [6, 6.07) is 5.23. The van der Waals surface area contributed by atoms with Crippen LogP contribution in [-0.4, -0.2) is 29.8 Å². The minimum absolute atomic E-state index is 0.0921. The maximum atomic E-state index is 12.4. The number of carbonyl (C=O) groups excluding carboxylic acids is 2. The molecule has 0 saturated heterocycles. The molecule has 1 N–H and O–H groups in total. The summed E-state index contributed by atoms with van der Waals surface area (Å²) < 4.78 is 0. The van der Waals surface area contributed by atoms with Crippen LogP contribution in [0.15, 0.2) is 18.2 Å². The lowest BCUT2D eigenvalue weighted by Crippen LogP contribution is -2.42. The summed E-state index contributed by atoms with van der Waals surface area (Å²) in [4.78, 5) is 25.9. The third-order valence-electron chi connectivity index (χ3n) is 3.46. The SMILES string of the molecule is CCc1ccc2c(c1)C(=O)N(C)[C@H](CC)C(=O)N2. The van der Waals surface area contributed by atoms with Crippen LogP contribution in [-0.2, 0) is 11.2 Å². The molecule has 0 unspecified atom stereocenters. The molecule has 1 aromatic rings. The van der Waals surface area contributed by atoms with Crippen molar-refractivity contribution in [1.82, 2.24) is 4.90 Å². The summed E-state index contributed by atoms with van der Waals surface area (Å²) in [6.07, 6.45) is 1.48. The smallest absolute Gasteiger partial charge is 0.256 e. The van der Waals surface area contributed by atoms with Crippen molar-refractivity contribution in [1.29, 1.82) is 0 Å². The number of carbonyl (C=O) groups is 2. The molecule has 18 heavy (non-hydrogen) atoms. The van der Waals surface area contributed by atoms with Crippen molar-refractivity contribution >= 4 is 17.5 Å². The fraction of sp³-hybridized carbons (Fsp3) is 0.429. The minimum atomic E-state index is -0.394. The molecule has 96 valence electrons. The van der Waals surface area contributed by atoms with E-state index in [1.807, 2.05) is 32.0 Å². The third-order valence-corrected chi connectivity index (χ3v) is 3.46. The second kappa shape index (κ2) is 4.80. The second-order valence-corrected chi connectivity index (χ2v) is 4.56. The van der Waals surface area contributed by atoms with Gasteiger partial charge in [-0.3, -0.25) is 9.59 Å². The van der Waals surface area contributed by atoms with Gasteiger partial charge in [0.15, 0.2) is 0 Å².